The number of amides is 3. The molecule has 196 valence electrons. The molecule has 0 aliphatic carbocycles. The number of fused-ring (bicyclic) bond motifs is 1. The lowest BCUT2D eigenvalue weighted by molar-refractivity contribution is -0.123. The van der Waals surface area contributed by atoms with E-state index in [2.05, 4.69) is 21.4 Å². The second-order valence-corrected chi connectivity index (χ2v) is 9.73. The van der Waals surface area contributed by atoms with E-state index in [9.17, 15) is 14.4 Å². The number of hydrogen-bond donors (Lipinski definition) is 1. The topological polar surface area (TPSA) is 97.4 Å². The van der Waals surface area contributed by atoms with Crippen molar-refractivity contribution in [1.29, 1.82) is 0 Å². The van der Waals surface area contributed by atoms with Gasteiger partial charge in [-0.3, -0.25) is 19.4 Å². The van der Waals surface area contributed by atoms with Crippen LogP contribution in [0.15, 0.2) is 71.2 Å². The quantitative estimate of drug-likeness (QED) is 0.420. The monoisotopic (exact) mass is 579 g/mol. The zero-order valence-electron chi connectivity index (χ0n) is 21.0. The molecule has 2 fully saturated rings. The highest BCUT2D eigenvalue weighted by Gasteiger charge is 2.60. The van der Waals surface area contributed by atoms with Gasteiger partial charge in [0, 0.05) is 21.7 Å². The van der Waals surface area contributed by atoms with Crippen LogP contribution in [0, 0.1) is 5.92 Å². The molecule has 3 aromatic rings. The third-order valence-corrected chi connectivity index (χ3v) is 7.20. The van der Waals surface area contributed by atoms with Crippen molar-refractivity contribution in [3.05, 3.63) is 82.3 Å². The summed E-state index contributed by atoms with van der Waals surface area (Å²) in [5.41, 5.74) is 4.56. The molecule has 0 aromatic heterocycles. The molecular formula is C28H26BrN3O6. The molecular weight excluding hydrogens is 554 g/mol. The number of carbonyl (C=O) groups is 3. The average molecular weight is 580 g/mol. The van der Waals surface area contributed by atoms with Crippen LogP contribution < -0.4 is 24.5 Å². The summed E-state index contributed by atoms with van der Waals surface area (Å²) >= 11 is 3.40. The second kappa shape index (κ2) is 10.5. The van der Waals surface area contributed by atoms with Gasteiger partial charge in [-0.1, -0.05) is 22.0 Å². The minimum absolute atomic E-state index is 0.368. The molecule has 0 bridgehead atoms. The first-order valence-electron chi connectivity index (χ1n) is 12.1. The molecule has 10 heteroatoms. The number of imide groups is 1. The molecule has 3 atom stereocenters. The summed E-state index contributed by atoms with van der Waals surface area (Å²) in [6.07, 6.45) is 0. The molecule has 0 radical (unpaired) electrons. The molecule has 2 saturated heterocycles. The smallest absolute Gasteiger partial charge is 0.268 e. The van der Waals surface area contributed by atoms with Crippen molar-refractivity contribution in [2.75, 3.05) is 25.7 Å². The first-order valence-corrected chi connectivity index (χ1v) is 12.8. The summed E-state index contributed by atoms with van der Waals surface area (Å²) < 4.78 is 17.1. The number of anilines is 1. The average Bonchev–Trinajstić information content (AvgIpc) is 3.44. The Bertz CT molecular complexity index is 1400. The van der Waals surface area contributed by atoms with Crippen LogP contribution in [0.1, 0.15) is 28.9 Å². The third kappa shape index (κ3) is 4.39. The Morgan fingerprint density at radius 1 is 0.947 bits per heavy atom. The lowest BCUT2D eigenvalue weighted by Crippen LogP contribution is -2.48. The van der Waals surface area contributed by atoms with Crippen molar-refractivity contribution in [1.82, 2.24) is 10.4 Å². The van der Waals surface area contributed by atoms with E-state index in [0.29, 0.717) is 40.7 Å². The zero-order chi connectivity index (χ0) is 27.0. The number of hydrogen-bond acceptors (Lipinski definition) is 7. The third-order valence-electron chi connectivity index (χ3n) is 6.71. The van der Waals surface area contributed by atoms with E-state index in [1.807, 2.05) is 6.92 Å². The number of hydrazine groups is 1. The van der Waals surface area contributed by atoms with Crippen LogP contribution in [0.5, 0.6) is 17.2 Å². The van der Waals surface area contributed by atoms with Crippen LogP contribution in [0.3, 0.4) is 0 Å². The Kier molecular flexibility index (Phi) is 7.09. The van der Waals surface area contributed by atoms with E-state index in [0.717, 1.165) is 9.37 Å². The number of ether oxygens (including phenoxy) is 3. The van der Waals surface area contributed by atoms with E-state index >= 15 is 0 Å². The number of benzene rings is 3. The predicted molar refractivity (Wildman–Crippen MR) is 143 cm³/mol. The van der Waals surface area contributed by atoms with Crippen molar-refractivity contribution in [3.63, 3.8) is 0 Å². The highest BCUT2D eigenvalue weighted by atomic mass is 79.9. The van der Waals surface area contributed by atoms with Crippen molar-refractivity contribution in [2.24, 2.45) is 5.92 Å². The van der Waals surface area contributed by atoms with E-state index < -0.39 is 35.7 Å². The molecule has 3 aromatic carbocycles. The fourth-order valence-electron chi connectivity index (χ4n) is 4.98. The van der Waals surface area contributed by atoms with Crippen molar-refractivity contribution < 1.29 is 28.6 Å². The SMILES string of the molecule is CCOc1ccc(N2C(=O)[C@@H]3[C@@H](c4ccc(OC)cc4OC)NN(C(=O)c4cccc(Br)c4)[C@H]3C2=O)cc1. The molecule has 2 aliphatic heterocycles. The fourth-order valence-corrected chi connectivity index (χ4v) is 5.38. The summed E-state index contributed by atoms with van der Waals surface area (Å²) in [4.78, 5) is 42.6. The molecule has 0 spiro atoms. The van der Waals surface area contributed by atoms with Gasteiger partial charge in [0.25, 0.3) is 11.8 Å². The van der Waals surface area contributed by atoms with Gasteiger partial charge in [0.1, 0.15) is 23.3 Å². The number of nitrogens with zero attached hydrogens (tertiary/aromatic N) is 2. The Morgan fingerprint density at radius 2 is 1.68 bits per heavy atom. The van der Waals surface area contributed by atoms with Crippen molar-refractivity contribution >= 4 is 39.3 Å². The van der Waals surface area contributed by atoms with Crippen molar-refractivity contribution in [3.8, 4) is 17.2 Å². The molecule has 5 rings (SSSR count). The van der Waals surface area contributed by atoms with Crippen LogP contribution in [0.25, 0.3) is 0 Å². The molecule has 2 aliphatic rings. The highest BCUT2D eigenvalue weighted by molar-refractivity contribution is 9.10. The number of nitrogens with one attached hydrogen (secondary N) is 1. The summed E-state index contributed by atoms with van der Waals surface area (Å²) in [7, 11) is 3.06. The number of halogens is 1. The minimum Gasteiger partial charge on any atom is -0.497 e. The summed E-state index contributed by atoms with van der Waals surface area (Å²) in [6.45, 7) is 2.37. The molecule has 0 saturated carbocycles. The van der Waals surface area contributed by atoms with Gasteiger partial charge in [0.15, 0.2) is 0 Å². The molecule has 0 unspecified atom stereocenters. The maximum absolute atomic E-state index is 13.9. The van der Waals surface area contributed by atoms with Gasteiger partial charge in [-0.15, -0.1) is 0 Å². The van der Waals surface area contributed by atoms with E-state index in [4.69, 9.17) is 14.2 Å². The number of methoxy groups -OCH3 is 2. The fraction of sp³-hybridized carbons (Fsp3) is 0.250. The van der Waals surface area contributed by atoms with Crippen LogP contribution in [0.4, 0.5) is 5.69 Å². The predicted octanol–water partition coefficient (Wildman–Crippen LogP) is 4.12. The standard InChI is InChI=1S/C28H26BrN3O6/c1-4-38-19-10-8-18(9-11-19)31-27(34)23-24(21-13-12-20(36-2)15-22(21)37-3)30-32(25(23)28(31)35)26(33)16-6-5-7-17(29)14-16/h5-15,23-25,30H,4H2,1-3H3/t23-,24-,25-/m1/s1. The largest absolute Gasteiger partial charge is 0.497 e. The van der Waals surface area contributed by atoms with E-state index in [-0.39, 0.29) is 0 Å². The summed E-state index contributed by atoms with van der Waals surface area (Å²) in [5.74, 6) is -0.536. The second-order valence-electron chi connectivity index (χ2n) is 8.81. The van der Waals surface area contributed by atoms with Gasteiger partial charge in [0.2, 0.25) is 5.91 Å². The van der Waals surface area contributed by atoms with Crippen LogP contribution in [-0.4, -0.2) is 49.6 Å². The first kappa shape index (κ1) is 25.7. The maximum Gasteiger partial charge on any atom is 0.268 e. The van der Waals surface area contributed by atoms with Gasteiger partial charge >= 0.3 is 0 Å². The van der Waals surface area contributed by atoms with Crippen molar-refractivity contribution in [2.45, 2.75) is 19.0 Å². The molecule has 38 heavy (non-hydrogen) atoms. The normalized spacial score (nSPS) is 20.5. The number of carbonyl (C=O) groups excluding carboxylic acids is 3. The Hall–Kier alpha value is -3.89. The first-order chi connectivity index (χ1) is 18.4. The van der Waals surface area contributed by atoms with Gasteiger partial charge in [-0.05, 0) is 61.5 Å². The lowest BCUT2D eigenvalue weighted by atomic mass is 9.90. The molecule has 2 heterocycles. The zero-order valence-corrected chi connectivity index (χ0v) is 22.6. The number of rotatable bonds is 7. The Morgan fingerprint density at radius 3 is 2.34 bits per heavy atom. The van der Waals surface area contributed by atoms with E-state index in [1.165, 1.54) is 12.1 Å². The molecule has 9 nitrogen and oxygen atoms in total. The van der Waals surface area contributed by atoms with Crippen LogP contribution in [-0.2, 0) is 9.59 Å². The molecule has 3 amide bonds. The van der Waals surface area contributed by atoms with Gasteiger partial charge < -0.3 is 14.2 Å². The Balaban J connectivity index is 1.58. The van der Waals surface area contributed by atoms with Gasteiger partial charge in [-0.2, -0.15) is 0 Å². The lowest BCUT2D eigenvalue weighted by Gasteiger charge is -2.26. The van der Waals surface area contributed by atoms with E-state index in [1.54, 1.807) is 73.8 Å². The molecule has 1 N–H and O–H groups in total. The minimum atomic E-state index is -1.06. The maximum atomic E-state index is 13.9. The summed E-state index contributed by atoms with van der Waals surface area (Å²) in [6, 6.07) is 17.1. The van der Waals surface area contributed by atoms with Crippen LogP contribution >= 0.6 is 15.9 Å². The van der Waals surface area contributed by atoms with Gasteiger partial charge in [0.05, 0.1) is 38.5 Å². The highest BCUT2D eigenvalue weighted by Crippen LogP contribution is 2.45. The Labute approximate surface area is 228 Å². The van der Waals surface area contributed by atoms with Crippen LogP contribution in [0.2, 0.25) is 0 Å². The summed E-state index contributed by atoms with van der Waals surface area (Å²) in [5, 5.41) is 1.27. The van der Waals surface area contributed by atoms with Gasteiger partial charge in [-0.25, -0.2) is 10.3 Å².